The Morgan fingerprint density at radius 2 is 2.00 bits per heavy atom. The average Bonchev–Trinajstić information content (AvgIpc) is 3.43. The van der Waals surface area contributed by atoms with Crippen LogP contribution in [-0.2, 0) is 9.53 Å². The summed E-state index contributed by atoms with van der Waals surface area (Å²) in [5, 5.41) is 12.7. The van der Waals surface area contributed by atoms with Crippen LogP contribution in [0.25, 0.3) is 22.1 Å². The molecule has 30 heavy (non-hydrogen) atoms. The normalized spacial score (nSPS) is 17.4. The van der Waals surface area contributed by atoms with E-state index in [0.29, 0.717) is 17.3 Å². The summed E-state index contributed by atoms with van der Waals surface area (Å²) >= 11 is 1.30. The minimum Gasteiger partial charge on any atom is -0.376 e. The number of nitrogens with zero attached hydrogens (tertiary/aromatic N) is 3. The van der Waals surface area contributed by atoms with Crippen molar-refractivity contribution in [2.24, 2.45) is 0 Å². The molecule has 152 valence electrons. The lowest BCUT2D eigenvalue weighted by atomic mass is 10.1. The van der Waals surface area contributed by atoms with Crippen molar-refractivity contribution in [2.45, 2.75) is 29.4 Å². The summed E-state index contributed by atoms with van der Waals surface area (Å²) in [7, 11) is 0. The van der Waals surface area contributed by atoms with Crippen molar-refractivity contribution in [3.8, 4) is 0 Å². The number of H-pyrrole nitrogens is 1. The number of amides is 1. The van der Waals surface area contributed by atoms with Crippen molar-refractivity contribution in [2.75, 3.05) is 13.2 Å². The molecule has 4 aromatic rings. The zero-order valence-corrected chi connectivity index (χ0v) is 17.1. The number of fused-ring (bicyclic) bond motifs is 3. The van der Waals surface area contributed by atoms with Gasteiger partial charge in [0.15, 0.2) is 5.65 Å². The molecular formula is C22H21N5O2S. The molecule has 1 amide bonds. The van der Waals surface area contributed by atoms with Crippen molar-refractivity contribution < 1.29 is 9.53 Å². The first-order valence-corrected chi connectivity index (χ1v) is 10.9. The number of ether oxygens (including phenoxy) is 1. The van der Waals surface area contributed by atoms with E-state index in [1.165, 1.54) is 11.8 Å². The van der Waals surface area contributed by atoms with Crippen LogP contribution in [0.1, 0.15) is 23.7 Å². The molecule has 2 aromatic carbocycles. The lowest BCUT2D eigenvalue weighted by Gasteiger charge is -2.17. The molecule has 0 radical (unpaired) electrons. The molecule has 0 spiro atoms. The van der Waals surface area contributed by atoms with E-state index >= 15 is 0 Å². The van der Waals surface area contributed by atoms with Gasteiger partial charge in [-0.2, -0.15) is 0 Å². The molecule has 0 saturated carbocycles. The first-order chi connectivity index (χ1) is 14.8. The Labute approximate surface area is 177 Å². The SMILES string of the molecule is O=C(NC[C@@H]1CCCO1)[C@@H](Sc1nnc2c(n1)[nH]c1ccccc12)c1ccccc1. The molecule has 3 heterocycles. The molecule has 1 fully saturated rings. The van der Waals surface area contributed by atoms with E-state index in [-0.39, 0.29) is 12.0 Å². The molecule has 2 aromatic heterocycles. The van der Waals surface area contributed by atoms with Gasteiger partial charge in [0, 0.05) is 24.1 Å². The van der Waals surface area contributed by atoms with Crippen molar-refractivity contribution >= 4 is 39.7 Å². The third kappa shape index (κ3) is 3.88. The largest absolute Gasteiger partial charge is 0.376 e. The van der Waals surface area contributed by atoms with E-state index < -0.39 is 5.25 Å². The second kappa shape index (κ2) is 8.41. The fourth-order valence-electron chi connectivity index (χ4n) is 3.67. The van der Waals surface area contributed by atoms with Crippen LogP contribution in [0, 0.1) is 0 Å². The minimum atomic E-state index is -0.476. The molecule has 2 atom stereocenters. The van der Waals surface area contributed by atoms with Gasteiger partial charge in [-0.15, -0.1) is 10.2 Å². The summed E-state index contributed by atoms with van der Waals surface area (Å²) in [6.07, 6.45) is 2.12. The topological polar surface area (TPSA) is 92.8 Å². The van der Waals surface area contributed by atoms with Gasteiger partial charge in [-0.25, -0.2) is 4.98 Å². The Morgan fingerprint density at radius 1 is 1.17 bits per heavy atom. The van der Waals surface area contributed by atoms with Gasteiger partial charge in [0.05, 0.1) is 6.10 Å². The van der Waals surface area contributed by atoms with Crippen LogP contribution >= 0.6 is 11.8 Å². The summed E-state index contributed by atoms with van der Waals surface area (Å²) in [5.41, 5.74) is 3.26. The van der Waals surface area contributed by atoms with Crippen molar-refractivity contribution in [1.29, 1.82) is 0 Å². The van der Waals surface area contributed by atoms with Gasteiger partial charge in [-0.1, -0.05) is 60.3 Å². The third-order valence-electron chi connectivity index (χ3n) is 5.19. The molecule has 0 bridgehead atoms. The number of carbonyl (C=O) groups excluding carboxylic acids is 1. The van der Waals surface area contributed by atoms with Crippen molar-refractivity contribution in [3.63, 3.8) is 0 Å². The van der Waals surface area contributed by atoms with E-state index in [4.69, 9.17) is 4.74 Å². The van der Waals surface area contributed by atoms with Gasteiger partial charge in [-0.3, -0.25) is 4.79 Å². The predicted molar refractivity (Wildman–Crippen MR) is 116 cm³/mol. The monoisotopic (exact) mass is 419 g/mol. The smallest absolute Gasteiger partial charge is 0.238 e. The lowest BCUT2D eigenvalue weighted by Crippen LogP contribution is -2.34. The highest BCUT2D eigenvalue weighted by Gasteiger charge is 2.25. The summed E-state index contributed by atoms with van der Waals surface area (Å²) in [4.78, 5) is 20.9. The van der Waals surface area contributed by atoms with Gasteiger partial charge in [0.25, 0.3) is 0 Å². The van der Waals surface area contributed by atoms with Gasteiger partial charge < -0.3 is 15.0 Å². The maximum Gasteiger partial charge on any atom is 0.238 e. The highest BCUT2D eigenvalue weighted by Crippen LogP contribution is 2.34. The number of hydrogen-bond acceptors (Lipinski definition) is 6. The van der Waals surface area contributed by atoms with Gasteiger partial charge in [0.1, 0.15) is 10.8 Å². The first kappa shape index (κ1) is 19.0. The molecule has 0 aliphatic carbocycles. The number of carbonyl (C=O) groups is 1. The molecule has 0 unspecified atom stereocenters. The minimum absolute atomic E-state index is 0.0814. The highest BCUT2D eigenvalue weighted by molar-refractivity contribution is 8.00. The van der Waals surface area contributed by atoms with Crippen LogP contribution < -0.4 is 5.32 Å². The second-order valence-corrected chi connectivity index (χ2v) is 8.32. The first-order valence-electron chi connectivity index (χ1n) is 10.00. The Hall–Kier alpha value is -2.97. The van der Waals surface area contributed by atoms with Crippen LogP contribution in [-0.4, -0.2) is 45.3 Å². The standard InChI is InChI=1S/C22H21N5O2S/c28-21(23-13-15-9-6-12-29-15)19(14-7-2-1-3-8-14)30-22-25-20-18(26-27-22)16-10-4-5-11-17(16)24-20/h1-5,7-8,10-11,15,19H,6,9,12-13H2,(H,23,28)(H,24,25,27)/t15-,19-/m0/s1. The maximum absolute atomic E-state index is 13.0. The second-order valence-electron chi connectivity index (χ2n) is 7.25. The quantitative estimate of drug-likeness (QED) is 0.464. The molecular weight excluding hydrogens is 398 g/mol. The number of hydrogen-bond donors (Lipinski definition) is 2. The molecule has 5 rings (SSSR count). The third-order valence-corrected chi connectivity index (χ3v) is 6.30. The zero-order chi connectivity index (χ0) is 20.3. The Bertz CT molecular complexity index is 1170. The van der Waals surface area contributed by atoms with E-state index in [9.17, 15) is 4.79 Å². The summed E-state index contributed by atoms with van der Waals surface area (Å²) in [6.45, 7) is 1.28. The molecule has 7 nitrogen and oxygen atoms in total. The van der Waals surface area contributed by atoms with Crippen LogP contribution in [0.2, 0.25) is 0 Å². The number of thioether (sulfide) groups is 1. The number of benzene rings is 2. The van der Waals surface area contributed by atoms with Crippen LogP contribution in [0.15, 0.2) is 59.8 Å². The van der Waals surface area contributed by atoms with Crippen LogP contribution in [0.5, 0.6) is 0 Å². The summed E-state index contributed by atoms with van der Waals surface area (Å²) < 4.78 is 5.62. The maximum atomic E-state index is 13.0. The fourth-order valence-corrected chi connectivity index (χ4v) is 4.60. The fraction of sp³-hybridized carbons (Fsp3) is 0.273. The van der Waals surface area contributed by atoms with Crippen molar-refractivity contribution in [1.82, 2.24) is 25.5 Å². The zero-order valence-electron chi connectivity index (χ0n) is 16.2. The number of aromatic nitrogens is 4. The molecule has 8 heteroatoms. The number of nitrogens with one attached hydrogen (secondary N) is 2. The summed E-state index contributed by atoms with van der Waals surface area (Å²) in [6, 6.07) is 17.6. The van der Waals surface area contributed by atoms with Gasteiger partial charge >= 0.3 is 0 Å². The Kier molecular flexibility index (Phi) is 5.33. The molecule has 1 aliphatic rings. The van der Waals surface area contributed by atoms with E-state index in [1.54, 1.807) is 0 Å². The Morgan fingerprint density at radius 3 is 2.83 bits per heavy atom. The molecule has 1 saturated heterocycles. The lowest BCUT2D eigenvalue weighted by molar-refractivity contribution is -0.121. The van der Waals surface area contributed by atoms with E-state index in [2.05, 4.69) is 25.5 Å². The van der Waals surface area contributed by atoms with Crippen LogP contribution in [0.4, 0.5) is 0 Å². The molecule has 2 N–H and O–H groups in total. The number of para-hydroxylation sites is 1. The highest BCUT2D eigenvalue weighted by atomic mass is 32.2. The van der Waals surface area contributed by atoms with Gasteiger partial charge in [-0.05, 0) is 24.5 Å². The van der Waals surface area contributed by atoms with E-state index in [1.807, 2.05) is 54.6 Å². The Balaban J connectivity index is 1.41. The predicted octanol–water partition coefficient (Wildman–Crippen LogP) is 3.63. The summed E-state index contributed by atoms with van der Waals surface area (Å²) in [5.74, 6) is -0.0814. The average molecular weight is 420 g/mol. The number of rotatable bonds is 6. The van der Waals surface area contributed by atoms with Gasteiger partial charge in [0.2, 0.25) is 11.1 Å². The van der Waals surface area contributed by atoms with E-state index in [0.717, 1.165) is 41.4 Å². The molecule has 1 aliphatic heterocycles. The van der Waals surface area contributed by atoms with Crippen LogP contribution in [0.3, 0.4) is 0 Å². The number of aromatic amines is 1. The van der Waals surface area contributed by atoms with Crippen molar-refractivity contribution in [3.05, 3.63) is 60.2 Å².